The number of carboxylic acids is 3. The summed E-state index contributed by atoms with van der Waals surface area (Å²) >= 11 is 10.5. The highest BCUT2D eigenvalue weighted by atomic mass is 35.5. The lowest BCUT2D eigenvalue weighted by molar-refractivity contribution is -0.138. The van der Waals surface area contributed by atoms with E-state index in [1.807, 2.05) is 92.9 Å². The van der Waals surface area contributed by atoms with Gasteiger partial charge >= 0.3 is 53.9 Å². The zero-order valence-electron chi connectivity index (χ0n) is 73.8. The summed E-state index contributed by atoms with van der Waals surface area (Å²) in [7, 11) is 3.80. The van der Waals surface area contributed by atoms with Gasteiger partial charge in [0.05, 0.1) is 61.2 Å². The molecule has 9 aromatic rings. The topological polar surface area (TPSA) is 383 Å². The number of rotatable bonds is 27. The lowest BCUT2D eigenvalue weighted by atomic mass is 9.92. The number of anilines is 3. The Kier molecular flexibility index (Phi) is 29.5. The molecule has 42 heteroatoms. The van der Waals surface area contributed by atoms with Crippen molar-refractivity contribution >= 4 is 134 Å². The fourth-order valence-corrected chi connectivity index (χ4v) is 20.0. The summed E-state index contributed by atoms with van der Waals surface area (Å²) in [5.41, 5.74) is 8.04. The van der Waals surface area contributed by atoms with E-state index in [2.05, 4.69) is 45.6 Å². The van der Waals surface area contributed by atoms with Gasteiger partial charge in [-0.25, -0.2) is 65.7 Å². The largest absolute Gasteiger partial charge is 0.481 e. The molecule has 6 aromatic carbocycles. The van der Waals surface area contributed by atoms with Crippen LogP contribution in [0.5, 0.6) is 0 Å². The molecule has 136 heavy (non-hydrogen) atoms. The van der Waals surface area contributed by atoms with Crippen LogP contribution >= 0.6 is 45.6 Å². The SMILES string of the molecule is COC(=O)C1=C(CN2CCN3C(=O)N(c4ccc(CCC(=O)O)cc4)C[C@@H]3C2)NC(c2nccs2)=N[C@H]1c1ccc(F)c(F)c1.COC(=O)C1=C(CN2CCN3C(=O)N(c4ccc(CCC(=O)O)cc4)C[C@@H]3C2)NC(c2nccs2)=N[C@H]1c1ccc(F)c(F)c1C.COC(=O)C1=C(CN2CCN3C(=O)N(c4ccc(CCC(=O)O)cc4)C[C@@H]3C2)NC(c2nccs2)=N[C@H]1c1cccc(F)c1Cl. The number of piperazine rings is 3. The second-order valence-corrected chi connectivity index (χ2v) is 36.2. The van der Waals surface area contributed by atoms with E-state index in [1.165, 1.54) is 86.5 Å². The number of aromatic nitrogens is 3. The number of methoxy groups -OCH3 is 3. The van der Waals surface area contributed by atoms with Gasteiger partial charge in [-0.05, 0) is 120 Å². The third-order valence-corrected chi connectivity index (χ3v) is 27.5. The highest BCUT2D eigenvalue weighted by Gasteiger charge is 2.47. The normalized spacial score (nSPS) is 20.1. The summed E-state index contributed by atoms with van der Waals surface area (Å²) in [4.78, 5) is 157. The van der Waals surface area contributed by atoms with E-state index in [0.29, 0.717) is 165 Å². The first-order valence-corrected chi connectivity index (χ1v) is 46.5. The monoisotopic (exact) mass is 1940 g/mol. The summed E-state index contributed by atoms with van der Waals surface area (Å²) < 4.78 is 87.0. The molecule has 0 unspecified atom stereocenters. The van der Waals surface area contributed by atoms with Crippen LogP contribution in [0.25, 0.3) is 0 Å². The highest BCUT2D eigenvalue weighted by molar-refractivity contribution is 7.12. The van der Waals surface area contributed by atoms with E-state index in [0.717, 1.165) is 52.0 Å². The van der Waals surface area contributed by atoms with Gasteiger partial charge in [0.25, 0.3) is 0 Å². The van der Waals surface area contributed by atoms with E-state index in [-0.39, 0.29) is 101 Å². The van der Waals surface area contributed by atoms with E-state index in [9.17, 15) is 65.1 Å². The Hall–Kier alpha value is -13.7. The number of aryl methyl sites for hydroxylation is 3. The average Bonchev–Trinajstić information content (AvgIpc) is 0.976. The fraction of sp³-hybridized carbons (Fsp3) is 0.330. The molecule has 0 radical (unpaired) electrons. The molecule has 6 amide bonds. The Bertz CT molecular complexity index is 6280. The molecular weight excluding hydrogens is 1850 g/mol. The maximum Gasteiger partial charge on any atom is 0.338 e. The zero-order chi connectivity index (χ0) is 95.9. The first-order valence-electron chi connectivity index (χ1n) is 43.4. The van der Waals surface area contributed by atoms with Crippen LogP contribution in [0.4, 0.5) is 53.4 Å². The number of hydrogen-bond donors (Lipinski definition) is 6. The maximum atomic E-state index is 14.7. The average molecular weight is 1940 g/mol. The number of esters is 3. The standard InChI is InChI=1S/C32H32F2N6O5S.C31H30ClFN6O5S.C31H30F2N6O5S/c1-18-22(8-9-23(33)27(18)34)28-26(31(43)45-2)24(36-29(37-28)30-35-11-14-46-30)17-38-12-13-39-21(15-38)16-40(32(39)44)20-6-3-19(4-7-20)5-10-25(41)42;1-44-30(42)25-23(35-28(29-34-11-14-45-29)36-27(25)21-3-2-4-22(33)26(21)32)17-37-12-13-38-20(15-37)16-39(31(38)43)19-8-5-18(6-9-19)7-10-24(40)41;1-44-30(42)26-24(35-28(29-34-10-13-45-29)36-27(26)19-5-8-22(32)23(33)14-19)17-37-11-12-38-21(15-37)16-39(31(38)43)20-6-2-18(3-7-20)4-9-25(40)41/h3-4,6-9,11,14,21,28H,5,10,12-13,15-17H2,1-2H3,(H,36,37)(H,41,42);2-6,8-9,11,14,20,27H,7,10,12-13,15-17H2,1H3,(H,35,36)(H,40,41);2-3,5-8,10,13-14,21,27H,4,9,11-12,15-17H2,1H3,(H,35,36)(H,40,41)/t21-,28-;20-,27-;21-,27-/m000/s1. The van der Waals surface area contributed by atoms with Crippen LogP contribution in [0.2, 0.25) is 5.02 Å². The molecule has 33 nitrogen and oxygen atoms in total. The predicted molar refractivity (Wildman–Crippen MR) is 496 cm³/mol. The van der Waals surface area contributed by atoms with Crippen LogP contribution in [0, 0.1) is 36.0 Å². The molecule has 9 aliphatic rings. The molecule has 12 heterocycles. The molecule has 6 atom stereocenters. The van der Waals surface area contributed by atoms with E-state index in [4.69, 9.17) is 56.1 Å². The molecule has 0 saturated carbocycles. The van der Waals surface area contributed by atoms with Crippen molar-refractivity contribution in [3.8, 4) is 0 Å². The van der Waals surface area contributed by atoms with Gasteiger partial charge in [0.1, 0.15) is 23.9 Å². The van der Waals surface area contributed by atoms with Crippen molar-refractivity contribution in [3.63, 3.8) is 0 Å². The number of carbonyl (C=O) groups is 9. The van der Waals surface area contributed by atoms with Crippen molar-refractivity contribution in [2.75, 3.05) is 134 Å². The number of aliphatic imine (C=N–C) groups is 3. The minimum atomic E-state index is -1.05. The highest BCUT2D eigenvalue weighted by Crippen LogP contribution is 2.42. The van der Waals surface area contributed by atoms with Gasteiger partial charge in [-0.3, -0.25) is 58.8 Å². The minimum absolute atomic E-state index is 0.0367. The summed E-state index contributed by atoms with van der Waals surface area (Å²) in [6.07, 6.45) is 6.28. The molecule has 0 spiro atoms. The smallest absolute Gasteiger partial charge is 0.338 e. The van der Waals surface area contributed by atoms with Gasteiger partial charge in [0, 0.05) is 192 Å². The number of carbonyl (C=O) groups excluding carboxylic acids is 6. The second-order valence-electron chi connectivity index (χ2n) is 33.2. The number of amidine groups is 3. The molecular formula is C94H92ClF5N18O15S3. The first kappa shape index (κ1) is 95.4. The van der Waals surface area contributed by atoms with Gasteiger partial charge in [-0.2, -0.15) is 0 Å². The van der Waals surface area contributed by atoms with Gasteiger partial charge in [-0.15, -0.1) is 34.0 Å². The Balaban J connectivity index is 0.000000148. The van der Waals surface area contributed by atoms with Crippen molar-refractivity contribution in [2.45, 2.75) is 81.7 Å². The van der Waals surface area contributed by atoms with Gasteiger partial charge in [-0.1, -0.05) is 72.3 Å². The Morgan fingerprint density at radius 2 is 0.779 bits per heavy atom. The molecule has 708 valence electrons. The van der Waals surface area contributed by atoms with Crippen molar-refractivity contribution in [2.24, 2.45) is 15.0 Å². The number of carboxylic acid groups (broad SMARTS) is 3. The second kappa shape index (κ2) is 42.1. The van der Waals surface area contributed by atoms with Crippen LogP contribution in [-0.2, 0) is 62.2 Å². The van der Waals surface area contributed by atoms with Crippen molar-refractivity contribution in [3.05, 3.63) is 278 Å². The number of fused-ring (bicyclic) bond motifs is 3. The van der Waals surface area contributed by atoms with Crippen LogP contribution in [-0.4, -0.2) is 269 Å². The number of ether oxygens (including phenoxy) is 3. The fourth-order valence-electron chi connectivity index (χ4n) is 18.0. The van der Waals surface area contributed by atoms with Crippen molar-refractivity contribution in [1.29, 1.82) is 0 Å². The summed E-state index contributed by atoms with van der Waals surface area (Å²) in [5.74, 6) is -7.93. The number of thiazole rings is 3. The first-order chi connectivity index (χ1) is 65.6. The molecule has 0 bridgehead atoms. The number of hydrogen-bond acceptors (Lipinski definition) is 27. The molecule has 6 saturated heterocycles. The molecule has 0 aliphatic carbocycles. The summed E-state index contributed by atoms with van der Waals surface area (Å²) in [5, 5.41) is 43.7. The number of nitrogens with one attached hydrogen (secondary N) is 3. The van der Waals surface area contributed by atoms with Gasteiger partial charge in [0.2, 0.25) is 0 Å². The van der Waals surface area contributed by atoms with E-state index >= 15 is 0 Å². The Morgan fingerprint density at radius 1 is 0.426 bits per heavy atom. The van der Waals surface area contributed by atoms with E-state index in [1.54, 1.807) is 50.1 Å². The summed E-state index contributed by atoms with van der Waals surface area (Å²) in [6, 6.07) is 29.0. The van der Waals surface area contributed by atoms with Gasteiger partial charge < -0.3 is 60.2 Å². The number of aliphatic carboxylic acids is 3. The lowest BCUT2D eigenvalue weighted by Gasteiger charge is -2.38. The van der Waals surface area contributed by atoms with E-state index < -0.39 is 83.0 Å². The summed E-state index contributed by atoms with van der Waals surface area (Å²) in [6.45, 7) is 8.38. The number of amides is 6. The minimum Gasteiger partial charge on any atom is -0.481 e. The Morgan fingerprint density at radius 3 is 1.12 bits per heavy atom. The number of halogens is 6. The molecule has 6 fully saturated rings. The number of benzene rings is 6. The Labute approximate surface area is 793 Å². The van der Waals surface area contributed by atoms with Crippen LogP contribution in [0.15, 0.2) is 205 Å². The molecule has 18 rings (SSSR count). The van der Waals surface area contributed by atoms with Crippen LogP contribution in [0.1, 0.15) is 91.4 Å². The van der Waals surface area contributed by atoms with Crippen LogP contribution in [0.3, 0.4) is 0 Å². The zero-order valence-corrected chi connectivity index (χ0v) is 77.0. The van der Waals surface area contributed by atoms with Crippen molar-refractivity contribution < 1.29 is 94.6 Å². The van der Waals surface area contributed by atoms with Crippen LogP contribution < -0.4 is 30.7 Å². The molecule has 6 N–H and O–H groups in total. The number of nitrogens with zero attached hydrogens (tertiary/aromatic N) is 15. The molecule has 3 aromatic heterocycles. The van der Waals surface area contributed by atoms with Crippen molar-refractivity contribution in [1.82, 2.24) is 60.3 Å². The molecule has 9 aliphatic heterocycles. The quantitative estimate of drug-likeness (QED) is 0.0158. The third-order valence-electron chi connectivity index (χ3n) is 24.8. The van der Waals surface area contributed by atoms with Gasteiger partial charge in [0.15, 0.2) is 55.8 Å². The third kappa shape index (κ3) is 21.0. The predicted octanol–water partition coefficient (Wildman–Crippen LogP) is 11.6. The maximum absolute atomic E-state index is 14.7. The number of urea groups is 3. The lowest BCUT2D eigenvalue weighted by Crippen LogP contribution is -2.53.